The molecule has 1 amide bonds. The molecule has 1 aromatic heterocycles. The predicted molar refractivity (Wildman–Crippen MR) is 135 cm³/mol. The molecule has 0 unspecified atom stereocenters. The van der Waals surface area contributed by atoms with Crippen molar-refractivity contribution in [1.82, 2.24) is 4.98 Å². The van der Waals surface area contributed by atoms with Crippen molar-refractivity contribution >= 4 is 80.7 Å². The first-order chi connectivity index (χ1) is 15.7. The van der Waals surface area contributed by atoms with Gasteiger partial charge in [0.15, 0.2) is 17.9 Å². The SMILES string of the molecule is Cc1c(Cl)c(C)c(Cl)c(OCC(=O)Nc2cccc(-c3nc4cc(Cl)cc(Cl)c4o3)c2)c1Cl. The number of nitrogens with one attached hydrogen (secondary N) is 1. The molecule has 0 bridgehead atoms. The van der Waals surface area contributed by atoms with Crippen LogP contribution in [-0.2, 0) is 4.79 Å². The molecule has 0 radical (unpaired) electrons. The van der Waals surface area contributed by atoms with Gasteiger partial charge in [0.05, 0.1) is 15.1 Å². The number of rotatable bonds is 5. The van der Waals surface area contributed by atoms with E-state index in [0.29, 0.717) is 54.4 Å². The van der Waals surface area contributed by atoms with Gasteiger partial charge in [0, 0.05) is 21.3 Å². The molecular formula is C23H15Cl5N2O3. The number of carbonyl (C=O) groups excluding carboxylic acids is 1. The maximum Gasteiger partial charge on any atom is 0.262 e. The van der Waals surface area contributed by atoms with Crippen molar-refractivity contribution in [1.29, 1.82) is 0 Å². The van der Waals surface area contributed by atoms with Gasteiger partial charge in [0.1, 0.15) is 5.52 Å². The number of benzene rings is 3. The van der Waals surface area contributed by atoms with Gasteiger partial charge >= 0.3 is 0 Å². The minimum Gasteiger partial charge on any atom is -0.481 e. The standard InChI is InChI=1S/C23H15Cl5N2O3/c1-10-18(26)11(2)20(28)22(19(10)27)32-9-17(31)29-14-5-3-4-12(6-14)23-30-16-8-13(24)7-15(25)21(16)33-23/h3-8H,9H2,1-2H3,(H,29,31). The average molecular weight is 545 g/mol. The fourth-order valence-corrected chi connectivity index (χ4v) is 4.53. The molecule has 3 aromatic carbocycles. The first-order valence-corrected chi connectivity index (χ1v) is 11.5. The summed E-state index contributed by atoms with van der Waals surface area (Å²) in [5.74, 6) is 0.146. The van der Waals surface area contributed by atoms with Gasteiger partial charge in [-0.3, -0.25) is 4.79 Å². The third-order valence-electron chi connectivity index (χ3n) is 4.87. The molecule has 5 nitrogen and oxygen atoms in total. The largest absolute Gasteiger partial charge is 0.481 e. The van der Waals surface area contributed by atoms with Gasteiger partial charge in [-0.15, -0.1) is 0 Å². The van der Waals surface area contributed by atoms with Crippen LogP contribution in [0, 0.1) is 13.8 Å². The third-order valence-corrected chi connectivity index (χ3v) is 6.84. The van der Waals surface area contributed by atoms with E-state index < -0.39 is 5.91 Å². The Labute approximate surface area is 214 Å². The zero-order valence-electron chi connectivity index (χ0n) is 17.2. The van der Waals surface area contributed by atoms with Crippen LogP contribution in [0.5, 0.6) is 5.75 Å². The summed E-state index contributed by atoms with van der Waals surface area (Å²) in [6.45, 7) is 3.19. The van der Waals surface area contributed by atoms with Crippen molar-refractivity contribution in [3.05, 3.63) is 72.6 Å². The molecule has 4 rings (SSSR count). The molecule has 10 heteroatoms. The number of amides is 1. The highest BCUT2D eigenvalue weighted by atomic mass is 35.5. The van der Waals surface area contributed by atoms with Crippen LogP contribution >= 0.6 is 58.0 Å². The predicted octanol–water partition coefficient (Wildman–Crippen LogP) is 8.40. The highest BCUT2D eigenvalue weighted by Crippen LogP contribution is 2.42. The van der Waals surface area contributed by atoms with Gasteiger partial charge in [-0.25, -0.2) is 4.98 Å². The van der Waals surface area contributed by atoms with E-state index in [0.717, 1.165) is 0 Å². The summed E-state index contributed by atoms with van der Waals surface area (Å²) in [6.07, 6.45) is 0. The quantitative estimate of drug-likeness (QED) is 0.274. The molecule has 0 spiro atoms. The van der Waals surface area contributed by atoms with Crippen LogP contribution in [0.15, 0.2) is 40.8 Å². The van der Waals surface area contributed by atoms with Crippen LogP contribution in [0.1, 0.15) is 11.1 Å². The number of anilines is 1. The molecule has 0 atom stereocenters. The van der Waals surface area contributed by atoms with Crippen LogP contribution in [0.4, 0.5) is 5.69 Å². The smallest absolute Gasteiger partial charge is 0.262 e. The van der Waals surface area contributed by atoms with E-state index >= 15 is 0 Å². The second-order valence-electron chi connectivity index (χ2n) is 7.19. The summed E-state index contributed by atoms with van der Waals surface area (Å²) in [6, 6.07) is 10.2. The maximum absolute atomic E-state index is 12.5. The van der Waals surface area contributed by atoms with Gasteiger partial charge in [0.2, 0.25) is 5.89 Å². The van der Waals surface area contributed by atoms with E-state index in [-0.39, 0.29) is 22.4 Å². The number of carbonyl (C=O) groups is 1. The molecule has 1 heterocycles. The Morgan fingerprint density at radius 2 is 1.70 bits per heavy atom. The van der Waals surface area contributed by atoms with Crippen LogP contribution in [0.25, 0.3) is 22.6 Å². The minimum atomic E-state index is -0.406. The summed E-state index contributed by atoms with van der Waals surface area (Å²) >= 11 is 31.0. The second-order valence-corrected chi connectivity index (χ2v) is 9.17. The molecule has 170 valence electrons. The van der Waals surface area contributed by atoms with Crippen molar-refractivity contribution in [2.45, 2.75) is 13.8 Å². The zero-order chi connectivity index (χ0) is 23.9. The number of nitrogens with zero attached hydrogens (tertiary/aromatic N) is 1. The molecular weight excluding hydrogens is 530 g/mol. The first kappa shape index (κ1) is 24.0. The minimum absolute atomic E-state index is 0.212. The summed E-state index contributed by atoms with van der Waals surface area (Å²) in [4.78, 5) is 16.9. The molecule has 0 aliphatic rings. The van der Waals surface area contributed by atoms with E-state index in [1.54, 1.807) is 50.2 Å². The lowest BCUT2D eigenvalue weighted by Crippen LogP contribution is -2.20. The molecule has 33 heavy (non-hydrogen) atoms. The topological polar surface area (TPSA) is 64.4 Å². The third kappa shape index (κ3) is 4.88. The first-order valence-electron chi connectivity index (χ1n) is 9.58. The summed E-state index contributed by atoms with van der Waals surface area (Å²) in [7, 11) is 0. The normalized spacial score (nSPS) is 11.1. The summed E-state index contributed by atoms with van der Waals surface area (Å²) < 4.78 is 11.4. The average Bonchev–Trinajstić information content (AvgIpc) is 3.21. The van der Waals surface area contributed by atoms with E-state index in [9.17, 15) is 4.79 Å². The fourth-order valence-electron chi connectivity index (χ4n) is 3.19. The van der Waals surface area contributed by atoms with Crippen LogP contribution in [-0.4, -0.2) is 17.5 Å². The van der Waals surface area contributed by atoms with E-state index in [2.05, 4.69) is 10.3 Å². The molecule has 0 saturated carbocycles. The Kier molecular flexibility index (Phi) is 6.99. The molecule has 0 fully saturated rings. The van der Waals surface area contributed by atoms with Crippen molar-refractivity contribution < 1.29 is 13.9 Å². The number of oxazole rings is 1. The second kappa shape index (κ2) is 9.61. The van der Waals surface area contributed by atoms with E-state index in [1.807, 2.05) is 0 Å². The summed E-state index contributed by atoms with van der Waals surface area (Å²) in [5.41, 5.74) is 3.39. The van der Waals surface area contributed by atoms with Gasteiger partial charge in [-0.05, 0) is 55.3 Å². The van der Waals surface area contributed by atoms with Gasteiger partial charge in [0.25, 0.3) is 5.91 Å². The van der Waals surface area contributed by atoms with Crippen LogP contribution < -0.4 is 10.1 Å². The Hall–Kier alpha value is -2.15. The van der Waals surface area contributed by atoms with Crippen LogP contribution in [0.2, 0.25) is 25.1 Å². The van der Waals surface area contributed by atoms with E-state index in [1.165, 1.54) is 0 Å². The molecule has 0 aliphatic heterocycles. The molecule has 1 N–H and O–H groups in total. The van der Waals surface area contributed by atoms with Crippen molar-refractivity contribution in [3.63, 3.8) is 0 Å². The number of hydrogen-bond acceptors (Lipinski definition) is 4. The Morgan fingerprint density at radius 3 is 2.39 bits per heavy atom. The zero-order valence-corrected chi connectivity index (χ0v) is 21.0. The van der Waals surface area contributed by atoms with Gasteiger partial charge in [-0.1, -0.05) is 64.1 Å². The Balaban J connectivity index is 1.51. The maximum atomic E-state index is 12.5. The van der Waals surface area contributed by atoms with Crippen molar-refractivity contribution in [2.75, 3.05) is 11.9 Å². The van der Waals surface area contributed by atoms with E-state index in [4.69, 9.17) is 67.2 Å². The number of halogens is 5. The number of fused-ring (bicyclic) bond motifs is 1. The van der Waals surface area contributed by atoms with Crippen molar-refractivity contribution in [2.24, 2.45) is 0 Å². The molecule has 0 aliphatic carbocycles. The van der Waals surface area contributed by atoms with Crippen molar-refractivity contribution in [3.8, 4) is 17.2 Å². The molecule has 0 saturated heterocycles. The lowest BCUT2D eigenvalue weighted by Gasteiger charge is -2.15. The Morgan fingerprint density at radius 1 is 1.00 bits per heavy atom. The summed E-state index contributed by atoms with van der Waals surface area (Å²) in [5, 5.41) is 4.57. The molecule has 4 aromatic rings. The fraction of sp³-hybridized carbons (Fsp3) is 0.130. The highest BCUT2D eigenvalue weighted by Gasteiger charge is 2.19. The number of aromatic nitrogens is 1. The lowest BCUT2D eigenvalue weighted by molar-refractivity contribution is -0.118. The highest BCUT2D eigenvalue weighted by molar-refractivity contribution is 6.42. The van der Waals surface area contributed by atoms with Gasteiger partial charge < -0.3 is 14.5 Å². The van der Waals surface area contributed by atoms with Crippen LogP contribution in [0.3, 0.4) is 0 Å². The lowest BCUT2D eigenvalue weighted by atomic mass is 10.1. The Bertz CT molecular complexity index is 1370. The monoisotopic (exact) mass is 542 g/mol. The number of hydrogen-bond donors (Lipinski definition) is 1. The number of ether oxygens (including phenoxy) is 1. The van der Waals surface area contributed by atoms with Gasteiger partial charge in [-0.2, -0.15) is 0 Å².